The van der Waals surface area contributed by atoms with Crippen molar-refractivity contribution in [1.82, 2.24) is 30.0 Å². The molecule has 0 aromatic carbocycles. The summed E-state index contributed by atoms with van der Waals surface area (Å²) in [6.07, 6.45) is 7.31. The summed E-state index contributed by atoms with van der Waals surface area (Å²) in [6, 6.07) is 1.97. The summed E-state index contributed by atoms with van der Waals surface area (Å²) >= 11 is 0. The molecule has 116 valence electrons. The van der Waals surface area contributed by atoms with Crippen LogP contribution in [0.1, 0.15) is 12.6 Å². The van der Waals surface area contributed by atoms with Crippen molar-refractivity contribution in [1.29, 1.82) is 0 Å². The van der Waals surface area contributed by atoms with Crippen molar-refractivity contribution in [2.24, 2.45) is 12.0 Å². The van der Waals surface area contributed by atoms with Crippen molar-refractivity contribution in [2.75, 3.05) is 13.1 Å². The Kier molecular flexibility index (Phi) is 7.80. The van der Waals surface area contributed by atoms with Crippen LogP contribution in [0.2, 0.25) is 0 Å². The van der Waals surface area contributed by atoms with Gasteiger partial charge in [0.1, 0.15) is 0 Å². The fourth-order valence-corrected chi connectivity index (χ4v) is 1.78. The molecule has 0 bridgehead atoms. The minimum absolute atomic E-state index is 0. The number of nitrogens with one attached hydrogen (secondary N) is 2. The molecular weight excluding hydrogens is 381 g/mol. The highest BCUT2D eigenvalue weighted by Crippen LogP contribution is 1.97. The number of aryl methyl sites for hydroxylation is 1. The molecule has 0 amide bonds. The predicted octanol–water partition coefficient (Wildman–Crippen LogP) is 0.990. The Bertz CT molecular complexity index is 532. The predicted molar refractivity (Wildman–Crippen MR) is 93.7 cm³/mol. The fourth-order valence-electron chi connectivity index (χ4n) is 1.78. The molecule has 0 spiro atoms. The largest absolute Gasteiger partial charge is 0.357 e. The van der Waals surface area contributed by atoms with Gasteiger partial charge in [0, 0.05) is 45.3 Å². The molecule has 2 aromatic heterocycles. The molecule has 0 radical (unpaired) electrons. The quantitative estimate of drug-likeness (QED) is 0.429. The zero-order chi connectivity index (χ0) is 14.2. The first-order chi connectivity index (χ1) is 9.79. The molecule has 7 nitrogen and oxygen atoms in total. The molecule has 0 atom stereocenters. The molecule has 0 aliphatic carbocycles. The van der Waals surface area contributed by atoms with Crippen LogP contribution in [-0.4, -0.2) is 38.4 Å². The van der Waals surface area contributed by atoms with E-state index in [1.54, 1.807) is 18.7 Å². The van der Waals surface area contributed by atoms with Gasteiger partial charge in [0.25, 0.3) is 0 Å². The first kappa shape index (κ1) is 17.5. The van der Waals surface area contributed by atoms with E-state index in [4.69, 9.17) is 0 Å². The van der Waals surface area contributed by atoms with Gasteiger partial charge < -0.3 is 15.2 Å². The van der Waals surface area contributed by atoms with Crippen molar-refractivity contribution >= 4 is 29.9 Å². The molecule has 0 fully saturated rings. The monoisotopic (exact) mass is 403 g/mol. The third-order valence-corrected chi connectivity index (χ3v) is 2.89. The first-order valence-electron chi connectivity index (χ1n) is 6.74. The summed E-state index contributed by atoms with van der Waals surface area (Å²) < 4.78 is 3.86. The maximum Gasteiger partial charge on any atom is 0.191 e. The summed E-state index contributed by atoms with van der Waals surface area (Å²) in [6.45, 7) is 5.15. The van der Waals surface area contributed by atoms with Gasteiger partial charge in [-0.15, -0.1) is 24.0 Å². The van der Waals surface area contributed by atoms with Crippen LogP contribution in [0, 0.1) is 0 Å². The van der Waals surface area contributed by atoms with Gasteiger partial charge in [0.15, 0.2) is 5.96 Å². The fraction of sp³-hybridized carbons (Fsp3) is 0.462. The van der Waals surface area contributed by atoms with Gasteiger partial charge in [-0.25, -0.2) is 9.98 Å². The van der Waals surface area contributed by atoms with Crippen LogP contribution in [0.3, 0.4) is 0 Å². The Labute approximate surface area is 141 Å². The van der Waals surface area contributed by atoms with Crippen LogP contribution in [-0.2, 0) is 20.1 Å². The van der Waals surface area contributed by atoms with Crippen molar-refractivity contribution < 1.29 is 0 Å². The van der Waals surface area contributed by atoms with Crippen LogP contribution in [0.15, 0.2) is 36.0 Å². The van der Waals surface area contributed by atoms with Gasteiger partial charge in [-0.1, -0.05) is 0 Å². The number of halogens is 1. The molecule has 0 aliphatic rings. The molecule has 2 rings (SSSR count). The number of nitrogens with zero attached hydrogens (tertiary/aromatic N) is 5. The Hall–Kier alpha value is -1.58. The average Bonchev–Trinajstić information content (AvgIpc) is 3.08. The summed E-state index contributed by atoms with van der Waals surface area (Å²) in [4.78, 5) is 8.56. The Morgan fingerprint density at radius 1 is 1.33 bits per heavy atom. The molecule has 2 N–H and O–H groups in total. The van der Waals surface area contributed by atoms with Gasteiger partial charge in [-0.05, 0) is 13.0 Å². The number of aliphatic imine (C=N–C) groups is 1. The Balaban J connectivity index is 0.00000220. The summed E-state index contributed by atoms with van der Waals surface area (Å²) in [5.41, 5.74) is 1.08. The molecular formula is C13H22IN7. The smallest absolute Gasteiger partial charge is 0.191 e. The van der Waals surface area contributed by atoms with Crippen molar-refractivity contribution in [3.8, 4) is 0 Å². The van der Waals surface area contributed by atoms with Crippen LogP contribution in [0.4, 0.5) is 0 Å². The van der Waals surface area contributed by atoms with E-state index in [1.165, 1.54) is 0 Å². The standard InChI is InChI=1S/C13H21N7.HI/c1-3-15-13(16-7-9-20-8-6-14-11-20)17-10-12-4-5-18-19(12)2;/h4-6,8,11H,3,7,9-10H2,1-2H3,(H2,15,16,17);1H. The van der Waals surface area contributed by atoms with E-state index < -0.39 is 0 Å². The minimum Gasteiger partial charge on any atom is -0.357 e. The third kappa shape index (κ3) is 5.74. The highest BCUT2D eigenvalue weighted by molar-refractivity contribution is 14.0. The molecule has 0 saturated carbocycles. The summed E-state index contributed by atoms with van der Waals surface area (Å²) in [5, 5.41) is 10.7. The number of guanidine groups is 1. The molecule has 0 aliphatic heterocycles. The molecule has 0 unspecified atom stereocenters. The molecule has 8 heteroatoms. The lowest BCUT2D eigenvalue weighted by molar-refractivity contribution is 0.659. The van der Waals surface area contributed by atoms with Crippen LogP contribution >= 0.6 is 24.0 Å². The number of aromatic nitrogens is 4. The second-order valence-corrected chi connectivity index (χ2v) is 4.37. The van der Waals surface area contributed by atoms with Gasteiger partial charge in [0.05, 0.1) is 18.6 Å². The van der Waals surface area contributed by atoms with Gasteiger partial charge >= 0.3 is 0 Å². The number of rotatable bonds is 6. The summed E-state index contributed by atoms with van der Waals surface area (Å²) in [7, 11) is 1.92. The van der Waals surface area contributed by atoms with Gasteiger partial charge in [0.2, 0.25) is 0 Å². The van der Waals surface area contributed by atoms with Crippen LogP contribution in [0.5, 0.6) is 0 Å². The van der Waals surface area contributed by atoms with E-state index in [9.17, 15) is 0 Å². The number of hydrogen-bond donors (Lipinski definition) is 2. The van der Waals surface area contributed by atoms with E-state index in [1.807, 2.05) is 28.6 Å². The SMILES string of the molecule is CCNC(=NCc1ccnn1C)NCCn1ccnc1.I. The molecule has 0 saturated heterocycles. The molecule has 2 heterocycles. The second-order valence-electron chi connectivity index (χ2n) is 4.37. The first-order valence-corrected chi connectivity index (χ1v) is 6.74. The van der Waals surface area contributed by atoms with Crippen molar-refractivity contribution in [2.45, 2.75) is 20.0 Å². The summed E-state index contributed by atoms with van der Waals surface area (Å²) in [5.74, 6) is 0.814. The highest BCUT2D eigenvalue weighted by Gasteiger charge is 2.00. The van der Waals surface area contributed by atoms with Crippen molar-refractivity contribution in [3.05, 3.63) is 36.7 Å². The van der Waals surface area contributed by atoms with E-state index in [0.717, 1.165) is 31.3 Å². The molecule has 2 aromatic rings. The van der Waals surface area contributed by atoms with E-state index >= 15 is 0 Å². The molecule has 21 heavy (non-hydrogen) atoms. The van der Waals surface area contributed by atoms with E-state index in [0.29, 0.717) is 6.54 Å². The number of imidazole rings is 1. The Morgan fingerprint density at radius 3 is 2.81 bits per heavy atom. The average molecular weight is 403 g/mol. The lowest BCUT2D eigenvalue weighted by Gasteiger charge is -2.11. The lowest BCUT2D eigenvalue weighted by atomic mass is 10.4. The normalized spacial score (nSPS) is 11.0. The maximum absolute atomic E-state index is 4.54. The highest BCUT2D eigenvalue weighted by atomic mass is 127. The second kappa shape index (κ2) is 9.37. The van der Waals surface area contributed by atoms with Gasteiger partial charge in [-0.3, -0.25) is 4.68 Å². The lowest BCUT2D eigenvalue weighted by Crippen LogP contribution is -2.38. The van der Waals surface area contributed by atoms with E-state index in [2.05, 4.69) is 32.6 Å². The third-order valence-electron chi connectivity index (χ3n) is 2.89. The van der Waals surface area contributed by atoms with Crippen LogP contribution in [0.25, 0.3) is 0 Å². The minimum atomic E-state index is 0. The zero-order valence-electron chi connectivity index (χ0n) is 12.4. The number of hydrogen-bond acceptors (Lipinski definition) is 3. The maximum atomic E-state index is 4.54. The van der Waals surface area contributed by atoms with E-state index in [-0.39, 0.29) is 24.0 Å². The van der Waals surface area contributed by atoms with Gasteiger partial charge in [-0.2, -0.15) is 5.10 Å². The Morgan fingerprint density at radius 2 is 2.19 bits per heavy atom. The topological polar surface area (TPSA) is 72.1 Å². The van der Waals surface area contributed by atoms with Crippen molar-refractivity contribution in [3.63, 3.8) is 0 Å². The zero-order valence-corrected chi connectivity index (χ0v) is 14.7. The van der Waals surface area contributed by atoms with Crippen LogP contribution < -0.4 is 10.6 Å².